The monoisotopic (exact) mass is 143 g/mol. The molecule has 2 rings (SSSR count). The number of rotatable bonds is 0. The Hall–Kier alpha value is -0.120. The summed E-state index contributed by atoms with van der Waals surface area (Å²) in [6, 6.07) is 0.581. The highest BCUT2D eigenvalue weighted by atomic mass is 16.6. The summed E-state index contributed by atoms with van der Waals surface area (Å²) in [5.74, 6) is 0. The molecule has 0 bridgehead atoms. The Morgan fingerprint density at radius 2 is 2.30 bits per heavy atom. The van der Waals surface area contributed by atoms with Crippen LogP contribution in [0.3, 0.4) is 0 Å². The lowest BCUT2D eigenvalue weighted by Gasteiger charge is -2.46. The normalized spacial score (nSPS) is 37.5. The van der Waals surface area contributed by atoms with Crippen molar-refractivity contribution in [3.63, 3.8) is 0 Å². The molecule has 0 aliphatic carbocycles. The van der Waals surface area contributed by atoms with Crippen LogP contribution in [-0.2, 0) is 9.47 Å². The van der Waals surface area contributed by atoms with Crippen LogP contribution < -0.4 is 5.32 Å². The van der Waals surface area contributed by atoms with Crippen LogP contribution in [0.4, 0.5) is 0 Å². The molecule has 2 saturated heterocycles. The predicted molar refractivity (Wildman–Crippen MR) is 36.7 cm³/mol. The van der Waals surface area contributed by atoms with Gasteiger partial charge in [0.25, 0.3) is 0 Å². The standard InChI is InChI=1S/C7H13NO2/c1-6-2-3-10-7(8-6)4-9-5-7/h6,8H,2-5H2,1H3. The van der Waals surface area contributed by atoms with Crippen LogP contribution in [-0.4, -0.2) is 31.6 Å². The molecule has 10 heavy (non-hydrogen) atoms. The van der Waals surface area contributed by atoms with Crippen molar-refractivity contribution in [3.05, 3.63) is 0 Å². The summed E-state index contributed by atoms with van der Waals surface area (Å²) < 4.78 is 10.6. The first kappa shape index (κ1) is 6.58. The molecule has 0 radical (unpaired) electrons. The van der Waals surface area contributed by atoms with Crippen molar-refractivity contribution in [2.24, 2.45) is 0 Å². The first-order valence-corrected chi connectivity index (χ1v) is 3.80. The Balaban J connectivity index is 1.96. The fourth-order valence-electron chi connectivity index (χ4n) is 1.45. The second kappa shape index (κ2) is 2.19. The number of hydrogen-bond donors (Lipinski definition) is 1. The zero-order valence-electron chi connectivity index (χ0n) is 6.22. The maximum absolute atomic E-state index is 5.54. The molecule has 1 unspecified atom stereocenters. The highest BCUT2D eigenvalue weighted by Gasteiger charge is 2.42. The zero-order chi connectivity index (χ0) is 7.03. The van der Waals surface area contributed by atoms with Gasteiger partial charge in [0.1, 0.15) is 0 Å². The Bertz CT molecular complexity index is 134. The molecule has 2 aliphatic rings. The summed E-state index contributed by atoms with van der Waals surface area (Å²) in [4.78, 5) is 0. The van der Waals surface area contributed by atoms with Crippen molar-refractivity contribution in [1.29, 1.82) is 0 Å². The van der Waals surface area contributed by atoms with Gasteiger partial charge < -0.3 is 9.47 Å². The molecule has 1 N–H and O–H groups in total. The van der Waals surface area contributed by atoms with E-state index in [1.54, 1.807) is 0 Å². The van der Waals surface area contributed by atoms with Gasteiger partial charge in [-0.3, -0.25) is 5.32 Å². The highest BCUT2D eigenvalue weighted by Crippen LogP contribution is 2.23. The molecule has 0 aromatic heterocycles. The molecule has 1 spiro atoms. The SMILES string of the molecule is CC1CCOC2(COC2)N1. The summed E-state index contributed by atoms with van der Waals surface area (Å²) in [6.07, 6.45) is 1.11. The van der Waals surface area contributed by atoms with Gasteiger partial charge in [-0.25, -0.2) is 0 Å². The van der Waals surface area contributed by atoms with Gasteiger partial charge in [0.2, 0.25) is 0 Å². The van der Waals surface area contributed by atoms with Gasteiger partial charge in [-0.15, -0.1) is 0 Å². The van der Waals surface area contributed by atoms with E-state index < -0.39 is 0 Å². The van der Waals surface area contributed by atoms with Gasteiger partial charge in [0.05, 0.1) is 19.8 Å². The summed E-state index contributed by atoms with van der Waals surface area (Å²) in [7, 11) is 0. The lowest BCUT2D eigenvalue weighted by Crippen LogP contribution is -2.67. The maximum atomic E-state index is 5.54. The zero-order valence-corrected chi connectivity index (χ0v) is 6.22. The average Bonchev–Trinajstić information content (AvgIpc) is 1.85. The molecule has 0 amide bonds. The third kappa shape index (κ3) is 0.944. The fourth-order valence-corrected chi connectivity index (χ4v) is 1.45. The Morgan fingerprint density at radius 3 is 2.70 bits per heavy atom. The van der Waals surface area contributed by atoms with Gasteiger partial charge in [-0.1, -0.05) is 0 Å². The van der Waals surface area contributed by atoms with E-state index in [0.717, 1.165) is 26.2 Å². The fraction of sp³-hybridized carbons (Fsp3) is 1.00. The molecule has 58 valence electrons. The minimum absolute atomic E-state index is 0.0995. The number of nitrogens with one attached hydrogen (secondary N) is 1. The summed E-state index contributed by atoms with van der Waals surface area (Å²) in [5, 5.41) is 3.38. The first-order valence-electron chi connectivity index (χ1n) is 3.80. The van der Waals surface area contributed by atoms with Gasteiger partial charge >= 0.3 is 0 Å². The predicted octanol–water partition coefficient (Wildman–Crippen LogP) is 0.111. The van der Waals surface area contributed by atoms with Crippen molar-refractivity contribution in [2.45, 2.75) is 25.1 Å². The van der Waals surface area contributed by atoms with Gasteiger partial charge in [0, 0.05) is 6.04 Å². The lowest BCUT2D eigenvalue weighted by atomic mass is 10.1. The van der Waals surface area contributed by atoms with Crippen molar-refractivity contribution in [3.8, 4) is 0 Å². The second-order valence-corrected chi connectivity index (χ2v) is 3.17. The van der Waals surface area contributed by atoms with Crippen molar-refractivity contribution >= 4 is 0 Å². The minimum atomic E-state index is -0.0995. The highest BCUT2D eigenvalue weighted by molar-refractivity contribution is 4.89. The Labute approximate surface area is 60.7 Å². The lowest BCUT2D eigenvalue weighted by molar-refractivity contribution is -0.245. The molecular formula is C7H13NO2. The first-order chi connectivity index (χ1) is 4.81. The summed E-state index contributed by atoms with van der Waals surface area (Å²) in [5.41, 5.74) is -0.0995. The van der Waals surface area contributed by atoms with E-state index >= 15 is 0 Å². The minimum Gasteiger partial charge on any atom is -0.372 e. The molecule has 0 aromatic carbocycles. The van der Waals surface area contributed by atoms with Crippen LogP contribution in [0.2, 0.25) is 0 Å². The van der Waals surface area contributed by atoms with Crippen LogP contribution >= 0.6 is 0 Å². The molecule has 0 aromatic rings. The van der Waals surface area contributed by atoms with Gasteiger partial charge in [0.15, 0.2) is 5.72 Å². The summed E-state index contributed by atoms with van der Waals surface area (Å²) >= 11 is 0. The number of hydrogen-bond acceptors (Lipinski definition) is 3. The molecule has 3 nitrogen and oxygen atoms in total. The van der Waals surface area contributed by atoms with Crippen LogP contribution in [0, 0.1) is 0 Å². The second-order valence-electron chi connectivity index (χ2n) is 3.17. The molecule has 2 aliphatic heterocycles. The van der Waals surface area contributed by atoms with Gasteiger partial charge in [-0.2, -0.15) is 0 Å². The largest absolute Gasteiger partial charge is 0.372 e. The van der Waals surface area contributed by atoms with E-state index in [1.807, 2.05) is 0 Å². The third-order valence-electron chi connectivity index (χ3n) is 2.11. The van der Waals surface area contributed by atoms with Crippen molar-refractivity contribution in [2.75, 3.05) is 19.8 Å². The van der Waals surface area contributed by atoms with Crippen LogP contribution in [0.25, 0.3) is 0 Å². The molecule has 3 heteroatoms. The van der Waals surface area contributed by atoms with Crippen molar-refractivity contribution < 1.29 is 9.47 Å². The molecule has 2 heterocycles. The van der Waals surface area contributed by atoms with Crippen LogP contribution in [0.5, 0.6) is 0 Å². The maximum Gasteiger partial charge on any atom is 0.166 e. The molecule has 1 atom stereocenters. The van der Waals surface area contributed by atoms with Crippen LogP contribution in [0.15, 0.2) is 0 Å². The molecule has 0 saturated carbocycles. The summed E-state index contributed by atoms with van der Waals surface area (Å²) in [6.45, 7) is 4.49. The van der Waals surface area contributed by atoms with Crippen molar-refractivity contribution in [1.82, 2.24) is 5.32 Å². The third-order valence-corrected chi connectivity index (χ3v) is 2.11. The Kier molecular flexibility index (Phi) is 1.44. The number of ether oxygens (including phenoxy) is 2. The smallest absolute Gasteiger partial charge is 0.166 e. The van der Waals surface area contributed by atoms with E-state index in [4.69, 9.17) is 9.47 Å². The molecule has 2 fully saturated rings. The topological polar surface area (TPSA) is 30.5 Å². The Morgan fingerprint density at radius 1 is 1.50 bits per heavy atom. The van der Waals surface area contributed by atoms with E-state index in [1.165, 1.54) is 0 Å². The molecular weight excluding hydrogens is 130 g/mol. The van der Waals surface area contributed by atoms with E-state index in [2.05, 4.69) is 12.2 Å². The van der Waals surface area contributed by atoms with E-state index in [0.29, 0.717) is 6.04 Å². The van der Waals surface area contributed by atoms with Gasteiger partial charge in [-0.05, 0) is 13.3 Å². The van der Waals surface area contributed by atoms with Crippen LogP contribution in [0.1, 0.15) is 13.3 Å². The average molecular weight is 143 g/mol. The van der Waals surface area contributed by atoms with E-state index in [9.17, 15) is 0 Å². The van der Waals surface area contributed by atoms with E-state index in [-0.39, 0.29) is 5.72 Å². The quantitative estimate of drug-likeness (QED) is 0.522.